The van der Waals surface area contributed by atoms with Crippen molar-refractivity contribution < 1.29 is 28.5 Å². The summed E-state index contributed by atoms with van der Waals surface area (Å²) >= 11 is 6.10. The summed E-state index contributed by atoms with van der Waals surface area (Å²) in [6.07, 6.45) is -2.27. The number of hydrogen-bond acceptors (Lipinski definition) is 8. The molecule has 3 aliphatic heterocycles. The number of benzene rings is 1. The predicted molar refractivity (Wildman–Crippen MR) is 96.5 cm³/mol. The van der Waals surface area contributed by atoms with Crippen LogP contribution in [0.3, 0.4) is 0 Å². The molecule has 0 bridgehead atoms. The number of halogens is 1. The van der Waals surface area contributed by atoms with E-state index in [0.717, 1.165) is 0 Å². The Morgan fingerprint density at radius 3 is 2.61 bits per heavy atom. The number of nitrogens with zero attached hydrogens (tertiary/aromatic N) is 3. The first kappa shape index (κ1) is 18.5. The number of fused-ring (bicyclic) bond motifs is 2. The average molecular weight is 412 g/mol. The molecule has 10 heteroatoms. The highest BCUT2D eigenvalue weighted by molar-refractivity contribution is 6.31. The van der Waals surface area contributed by atoms with Crippen LogP contribution in [0.5, 0.6) is 0 Å². The summed E-state index contributed by atoms with van der Waals surface area (Å²) < 4.78 is 30.0. The van der Waals surface area contributed by atoms with Gasteiger partial charge in [-0.25, -0.2) is 0 Å². The van der Waals surface area contributed by atoms with Crippen LogP contribution in [-0.4, -0.2) is 64.0 Å². The van der Waals surface area contributed by atoms with Crippen molar-refractivity contribution in [2.75, 3.05) is 6.61 Å². The molecular formula is C18H22ClN3O6. The van der Waals surface area contributed by atoms with E-state index in [1.807, 2.05) is 27.7 Å². The summed E-state index contributed by atoms with van der Waals surface area (Å²) in [5.41, 5.74) is 1.30. The van der Waals surface area contributed by atoms with E-state index in [2.05, 4.69) is 10.3 Å². The van der Waals surface area contributed by atoms with E-state index in [1.165, 1.54) is 4.85 Å². The van der Waals surface area contributed by atoms with Gasteiger partial charge in [-0.1, -0.05) is 16.4 Å². The van der Waals surface area contributed by atoms with Crippen LogP contribution in [0.25, 0.3) is 11.0 Å². The molecule has 1 aromatic heterocycles. The van der Waals surface area contributed by atoms with Gasteiger partial charge in [0.15, 0.2) is 17.7 Å². The van der Waals surface area contributed by atoms with Gasteiger partial charge in [0.2, 0.25) is 0 Å². The van der Waals surface area contributed by atoms with E-state index in [-0.39, 0.29) is 12.2 Å². The highest BCUT2D eigenvalue weighted by Gasteiger charge is 2.60. The number of aromatic nitrogens is 3. The third kappa shape index (κ3) is 3.16. The Kier molecular flexibility index (Phi) is 4.14. The van der Waals surface area contributed by atoms with Crippen molar-refractivity contribution in [3.05, 3.63) is 23.2 Å². The monoisotopic (exact) mass is 411 g/mol. The SMILES string of the molecule is CC1(C)OCC(C2OC(On3nnc4ccc(Cl)cc43)C3OC(C)(C)OC23)O1. The summed E-state index contributed by atoms with van der Waals surface area (Å²) in [6, 6.07) is 5.25. The van der Waals surface area contributed by atoms with Gasteiger partial charge in [0.25, 0.3) is 6.29 Å². The van der Waals surface area contributed by atoms with Crippen LogP contribution in [-0.2, 0) is 23.7 Å². The Morgan fingerprint density at radius 2 is 1.86 bits per heavy atom. The second kappa shape index (κ2) is 6.25. The summed E-state index contributed by atoms with van der Waals surface area (Å²) in [6.45, 7) is 7.86. The first-order valence-electron chi connectivity index (χ1n) is 9.22. The highest BCUT2D eigenvalue weighted by atomic mass is 35.5. The Balaban J connectivity index is 1.42. The molecule has 3 aliphatic rings. The maximum atomic E-state index is 6.15. The molecule has 5 rings (SSSR count). The minimum absolute atomic E-state index is 0.296. The molecular weight excluding hydrogens is 390 g/mol. The van der Waals surface area contributed by atoms with Crippen molar-refractivity contribution in [2.45, 2.75) is 70.0 Å². The third-order valence-electron chi connectivity index (χ3n) is 5.02. The molecule has 0 amide bonds. The zero-order valence-electron chi connectivity index (χ0n) is 16.0. The highest BCUT2D eigenvalue weighted by Crippen LogP contribution is 2.42. The standard InChI is InChI=1S/C18H22ClN3O6/c1-17(2)23-8-12(25-17)13-14-15(27-18(3,4)26-14)16(24-13)28-22-11-7-9(19)5-6-10(11)20-21-22/h5-7,12-16H,8H2,1-4H3. The van der Waals surface area contributed by atoms with Gasteiger partial charge < -0.3 is 28.5 Å². The summed E-state index contributed by atoms with van der Waals surface area (Å²) in [5.74, 6) is -1.43. The van der Waals surface area contributed by atoms with Crippen molar-refractivity contribution in [1.29, 1.82) is 0 Å². The van der Waals surface area contributed by atoms with Crippen LogP contribution in [0.2, 0.25) is 5.02 Å². The van der Waals surface area contributed by atoms with Gasteiger partial charge in [0.05, 0.1) is 6.61 Å². The molecule has 0 saturated carbocycles. The zero-order valence-corrected chi connectivity index (χ0v) is 16.8. The summed E-state index contributed by atoms with van der Waals surface area (Å²) in [5, 5.41) is 8.70. The molecule has 0 N–H and O–H groups in total. The Hall–Kier alpha value is -1.49. The normalized spacial score (nSPS) is 36.1. The maximum absolute atomic E-state index is 6.15. The van der Waals surface area contributed by atoms with Gasteiger partial charge in [-0.3, -0.25) is 0 Å². The van der Waals surface area contributed by atoms with Crippen LogP contribution in [0.1, 0.15) is 27.7 Å². The van der Waals surface area contributed by atoms with Crippen LogP contribution in [0, 0.1) is 0 Å². The fraction of sp³-hybridized carbons (Fsp3) is 0.667. The summed E-state index contributed by atoms with van der Waals surface area (Å²) in [4.78, 5) is 7.29. The van der Waals surface area contributed by atoms with E-state index in [4.69, 9.17) is 40.1 Å². The Labute approximate surface area is 166 Å². The molecule has 5 unspecified atom stereocenters. The lowest BCUT2D eigenvalue weighted by molar-refractivity contribution is -0.249. The Bertz CT molecular complexity index is 903. The molecule has 0 aliphatic carbocycles. The van der Waals surface area contributed by atoms with Gasteiger partial charge in [-0.2, -0.15) is 0 Å². The fourth-order valence-corrected chi connectivity index (χ4v) is 4.07. The number of hydrogen-bond donors (Lipinski definition) is 0. The number of rotatable bonds is 3. The molecule has 9 nitrogen and oxygen atoms in total. The van der Waals surface area contributed by atoms with Crippen molar-refractivity contribution in [1.82, 2.24) is 15.2 Å². The van der Waals surface area contributed by atoms with Crippen LogP contribution in [0.15, 0.2) is 18.2 Å². The van der Waals surface area contributed by atoms with Crippen molar-refractivity contribution >= 4 is 22.6 Å². The maximum Gasteiger partial charge on any atom is 0.256 e. The smallest absolute Gasteiger partial charge is 0.256 e. The fourth-order valence-electron chi connectivity index (χ4n) is 3.90. The largest absolute Gasteiger partial charge is 0.360 e. The van der Waals surface area contributed by atoms with Crippen molar-refractivity contribution in [2.24, 2.45) is 0 Å². The molecule has 4 heterocycles. The zero-order chi connectivity index (χ0) is 19.7. The third-order valence-corrected chi connectivity index (χ3v) is 5.26. The van der Waals surface area contributed by atoms with Gasteiger partial charge in [-0.05, 0) is 51.1 Å². The lowest BCUT2D eigenvalue weighted by atomic mass is 10.1. The average Bonchev–Trinajstić information content (AvgIpc) is 3.32. The van der Waals surface area contributed by atoms with Gasteiger partial charge in [-0.15, -0.1) is 5.10 Å². The molecule has 1 aromatic carbocycles. The van der Waals surface area contributed by atoms with E-state index in [9.17, 15) is 0 Å². The molecule has 0 radical (unpaired) electrons. The molecule has 5 atom stereocenters. The molecule has 3 saturated heterocycles. The van der Waals surface area contributed by atoms with Crippen LogP contribution < -0.4 is 4.84 Å². The molecule has 152 valence electrons. The number of ether oxygens (including phenoxy) is 5. The second-order valence-electron chi connectivity index (χ2n) is 8.10. The minimum Gasteiger partial charge on any atom is -0.360 e. The van der Waals surface area contributed by atoms with Gasteiger partial charge in [0, 0.05) is 5.02 Å². The second-order valence-corrected chi connectivity index (χ2v) is 8.54. The first-order chi connectivity index (χ1) is 13.2. The minimum atomic E-state index is -0.762. The lowest BCUT2D eigenvalue weighted by Crippen LogP contribution is -2.40. The predicted octanol–water partition coefficient (Wildman–Crippen LogP) is 1.91. The van der Waals surface area contributed by atoms with Crippen LogP contribution in [0.4, 0.5) is 0 Å². The summed E-state index contributed by atoms with van der Waals surface area (Å²) in [7, 11) is 0. The first-order valence-corrected chi connectivity index (χ1v) is 9.60. The van der Waals surface area contributed by atoms with E-state index in [1.54, 1.807) is 18.2 Å². The van der Waals surface area contributed by atoms with Crippen molar-refractivity contribution in [3.8, 4) is 0 Å². The van der Waals surface area contributed by atoms with E-state index in [0.29, 0.717) is 22.7 Å². The van der Waals surface area contributed by atoms with E-state index >= 15 is 0 Å². The molecule has 0 spiro atoms. The Morgan fingerprint density at radius 1 is 1.07 bits per heavy atom. The quantitative estimate of drug-likeness (QED) is 0.757. The van der Waals surface area contributed by atoms with E-state index < -0.39 is 30.1 Å². The van der Waals surface area contributed by atoms with Gasteiger partial charge >= 0.3 is 0 Å². The van der Waals surface area contributed by atoms with Crippen LogP contribution >= 0.6 is 11.6 Å². The van der Waals surface area contributed by atoms with Crippen molar-refractivity contribution in [3.63, 3.8) is 0 Å². The topological polar surface area (TPSA) is 86.1 Å². The lowest BCUT2D eigenvalue weighted by Gasteiger charge is -2.26. The molecule has 3 fully saturated rings. The molecule has 2 aromatic rings. The van der Waals surface area contributed by atoms with Gasteiger partial charge in [0.1, 0.15) is 29.3 Å². The molecule has 28 heavy (non-hydrogen) atoms.